The van der Waals surface area contributed by atoms with Crippen molar-refractivity contribution in [3.8, 4) is 5.75 Å². The maximum atomic E-state index is 11.9. The molecule has 0 atom stereocenters. The number of nitrogens with zero attached hydrogens (tertiary/aromatic N) is 1. The summed E-state index contributed by atoms with van der Waals surface area (Å²) in [5, 5.41) is 3.97. The van der Waals surface area contributed by atoms with Crippen LogP contribution in [0.1, 0.15) is 22.8 Å². The summed E-state index contributed by atoms with van der Waals surface area (Å²) < 4.78 is 6.41. The fraction of sp³-hybridized carbons (Fsp3) is 0.125. The van der Waals surface area contributed by atoms with E-state index in [0.29, 0.717) is 12.2 Å². The minimum Gasteiger partial charge on any atom is -0.493 e. The lowest BCUT2D eigenvalue weighted by molar-refractivity contribution is 0.0955. The average molecular weight is 347 g/mol. The summed E-state index contributed by atoms with van der Waals surface area (Å²) in [6, 6.07) is 14.6. The predicted molar refractivity (Wildman–Crippen MR) is 86.8 cm³/mol. The molecule has 0 aliphatic heterocycles. The number of amides is 1. The van der Waals surface area contributed by atoms with E-state index >= 15 is 0 Å². The first-order valence-corrected chi connectivity index (χ1v) is 7.31. The molecule has 0 saturated carbocycles. The largest absolute Gasteiger partial charge is 0.493 e. The second-order valence-corrected chi connectivity index (χ2v) is 5.09. The summed E-state index contributed by atoms with van der Waals surface area (Å²) in [4.78, 5) is 11.9. The van der Waals surface area contributed by atoms with Crippen molar-refractivity contribution in [2.24, 2.45) is 5.10 Å². The fourth-order valence-corrected chi connectivity index (χ4v) is 1.96. The molecule has 0 unspecified atom stereocenters. The second kappa shape index (κ2) is 7.59. The quantitative estimate of drug-likeness (QED) is 0.664. The Morgan fingerprint density at radius 1 is 1.24 bits per heavy atom. The minimum absolute atomic E-state index is 0.257. The minimum atomic E-state index is -0.257. The third-order valence-corrected chi connectivity index (χ3v) is 3.22. The Morgan fingerprint density at radius 3 is 2.67 bits per heavy atom. The molecule has 108 valence electrons. The van der Waals surface area contributed by atoms with Crippen LogP contribution >= 0.6 is 15.9 Å². The molecule has 0 spiro atoms. The molecular formula is C16H15BrN2O2. The van der Waals surface area contributed by atoms with E-state index in [1.165, 1.54) is 0 Å². The Bertz CT molecular complexity index is 639. The van der Waals surface area contributed by atoms with E-state index in [9.17, 15) is 4.79 Å². The van der Waals surface area contributed by atoms with E-state index < -0.39 is 0 Å². The van der Waals surface area contributed by atoms with Gasteiger partial charge in [0.05, 0.1) is 12.8 Å². The van der Waals surface area contributed by atoms with Crippen LogP contribution in [0.25, 0.3) is 0 Å². The molecule has 1 amide bonds. The Kier molecular flexibility index (Phi) is 5.51. The van der Waals surface area contributed by atoms with Gasteiger partial charge in [0.1, 0.15) is 5.75 Å². The van der Waals surface area contributed by atoms with Crippen molar-refractivity contribution in [3.05, 3.63) is 64.1 Å². The van der Waals surface area contributed by atoms with E-state index in [2.05, 4.69) is 26.5 Å². The zero-order chi connectivity index (χ0) is 15.1. The van der Waals surface area contributed by atoms with Crippen molar-refractivity contribution >= 4 is 28.1 Å². The Hall–Kier alpha value is -2.14. The molecule has 2 aromatic rings. The normalized spacial score (nSPS) is 10.6. The van der Waals surface area contributed by atoms with E-state index in [0.717, 1.165) is 15.8 Å². The van der Waals surface area contributed by atoms with Crippen molar-refractivity contribution in [2.45, 2.75) is 6.92 Å². The number of hydrogen-bond acceptors (Lipinski definition) is 3. The number of carbonyl (C=O) groups excluding carboxylic acids is 1. The van der Waals surface area contributed by atoms with E-state index in [-0.39, 0.29) is 5.91 Å². The molecule has 0 heterocycles. The maximum Gasteiger partial charge on any atom is 0.271 e. The molecule has 0 fully saturated rings. The third-order valence-electron chi connectivity index (χ3n) is 2.69. The zero-order valence-electron chi connectivity index (χ0n) is 11.5. The highest BCUT2D eigenvalue weighted by Gasteiger charge is 2.03. The SMILES string of the molecule is CCOc1ccccc1C=NNC(=O)c1ccc(Br)cc1. The van der Waals surface area contributed by atoms with Gasteiger partial charge in [-0.1, -0.05) is 28.1 Å². The van der Waals surface area contributed by atoms with Crippen LogP contribution in [0, 0.1) is 0 Å². The van der Waals surface area contributed by atoms with Crippen LogP contribution in [-0.4, -0.2) is 18.7 Å². The maximum absolute atomic E-state index is 11.9. The highest BCUT2D eigenvalue weighted by Crippen LogP contribution is 2.15. The average Bonchev–Trinajstić information content (AvgIpc) is 2.50. The third kappa shape index (κ3) is 4.43. The van der Waals surface area contributed by atoms with Gasteiger partial charge in [0.2, 0.25) is 0 Å². The molecular weight excluding hydrogens is 332 g/mol. The van der Waals surface area contributed by atoms with Crippen molar-refractivity contribution in [3.63, 3.8) is 0 Å². The van der Waals surface area contributed by atoms with E-state index in [1.807, 2.05) is 43.3 Å². The van der Waals surface area contributed by atoms with Crippen LogP contribution in [0.4, 0.5) is 0 Å². The van der Waals surface area contributed by atoms with Crippen LogP contribution in [0.2, 0.25) is 0 Å². The molecule has 0 bridgehead atoms. The lowest BCUT2D eigenvalue weighted by Gasteiger charge is -2.05. The van der Waals surface area contributed by atoms with Crippen LogP contribution in [-0.2, 0) is 0 Å². The smallest absolute Gasteiger partial charge is 0.271 e. The summed E-state index contributed by atoms with van der Waals surface area (Å²) in [7, 11) is 0. The summed E-state index contributed by atoms with van der Waals surface area (Å²) in [6.45, 7) is 2.50. The molecule has 2 aromatic carbocycles. The topological polar surface area (TPSA) is 50.7 Å². The number of ether oxygens (including phenoxy) is 1. The van der Waals surface area contributed by atoms with Gasteiger partial charge in [-0.25, -0.2) is 5.43 Å². The number of hydrogen-bond donors (Lipinski definition) is 1. The van der Waals surface area contributed by atoms with Crippen LogP contribution < -0.4 is 10.2 Å². The lowest BCUT2D eigenvalue weighted by Crippen LogP contribution is -2.17. The van der Waals surface area contributed by atoms with Crippen molar-refractivity contribution in [1.82, 2.24) is 5.43 Å². The van der Waals surface area contributed by atoms with Gasteiger partial charge in [0.15, 0.2) is 0 Å². The molecule has 0 aliphatic rings. The second-order valence-electron chi connectivity index (χ2n) is 4.18. The van der Waals surface area contributed by atoms with Crippen molar-refractivity contribution < 1.29 is 9.53 Å². The number of rotatable bonds is 5. The Balaban J connectivity index is 2.02. The molecule has 0 saturated heterocycles. The van der Waals surface area contributed by atoms with Gasteiger partial charge in [-0.05, 0) is 43.3 Å². The van der Waals surface area contributed by atoms with Gasteiger partial charge in [-0.2, -0.15) is 5.10 Å². The number of benzene rings is 2. The lowest BCUT2D eigenvalue weighted by atomic mass is 10.2. The van der Waals surface area contributed by atoms with Crippen LogP contribution in [0.3, 0.4) is 0 Å². The first-order valence-electron chi connectivity index (χ1n) is 6.51. The number of carbonyl (C=O) groups is 1. The van der Waals surface area contributed by atoms with Gasteiger partial charge >= 0.3 is 0 Å². The molecule has 0 aromatic heterocycles. The molecule has 2 rings (SSSR count). The highest BCUT2D eigenvalue weighted by atomic mass is 79.9. The molecule has 4 nitrogen and oxygen atoms in total. The summed E-state index contributed by atoms with van der Waals surface area (Å²) >= 11 is 3.33. The fourth-order valence-electron chi connectivity index (χ4n) is 1.70. The molecule has 5 heteroatoms. The summed E-state index contributed by atoms with van der Waals surface area (Å²) in [5.41, 5.74) is 3.86. The standard InChI is InChI=1S/C16H15BrN2O2/c1-2-21-15-6-4-3-5-13(15)11-18-19-16(20)12-7-9-14(17)10-8-12/h3-11H,2H2,1H3,(H,19,20). The van der Waals surface area contributed by atoms with Gasteiger partial charge in [-0.3, -0.25) is 4.79 Å². The van der Waals surface area contributed by atoms with Gasteiger partial charge in [0.25, 0.3) is 5.91 Å². The number of hydrazone groups is 1. The van der Waals surface area contributed by atoms with E-state index in [1.54, 1.807) is 18.3 Å². The number of para-hydroxylation sites is 1. The van der Waals surface area contributed by atoms with Crippen molar-refractivity contribution in [1.29, 1.82) is 0 Å². The van der Waals surface area contributed by atoms with Crippen LogP contribution in [0.15, 0.2) is 58.1 Å². The number of halogens is 1. The summed E-state index contributed by atoms with van der Waals surface area (Å²) in [5.74, 6) is 0.481. The van der Waals surface area contributed by atoms with Gasteiger partial charge in [0, 0.05) is 15.6 Å². The van der Waals surface area contributed by atoms with Crippen molar-refractivity contribution in [2.75, 3.05) is 6.61 Å². The predicted octanol–water partition coefficient (Wildman–Crippen LogP) is 3.61. The Morgan fingerprint density at radius 2 is 1.95 bits per heavy atom. The molecule has 1 N–H and O–H groups in total. The van der Waals surface area contributed by atoms with Gasteiger partial charge < -0.3 is 4.74 Å². The van der Waals surface area contributed by atoms with E-state index in [4.69, 9.17) is 4.74 Å². The molecule has 21 heavy (non-hydrogen) atoms. The first-order chi connectivity index (χ1) is 10.2. The summed E-state index contributed by atoms with van der Waals surface area (Å²) in [6.07, 6.45) is 1.57. The molecule has 0 radical (unpaired) electrons. The monoisotopic (exact) mass is 346 g/mol. The first kappa shape index (κ1) is 15.3. The zero-order valence-corrected chi connectivity index (χ0v) is 13.1. The highest BCUT2D eigenvalue weighted by molar-refractivity contribution is 9.10. The molecule has 0 aliphatic carbocycles. The van der Waals surface area contributed by atoms with Gasteiger partial charge in [-0.15, -0.1) is 0 Å². The van der Waals surface area contributed by atoms with Crippen LogP contribution in [0.5, 0.6) is 5.75 Å². The Labute approximate surface area is 132 Å². The number of nitrogens with one attached hydrogen (secondary N) is 1.